The third-order valence-electron chi connectivity index (χ3n) is 3.01. The van der Waals surface area contributed by atoms with Gasteiger partial charge in [0.2, 0.25) is 0 Å². The van der Waals surface area contributed by atoms with E-state index in [1.807, 2.05) is 12.1 Å². The largest absolute Gasteiger partial charge is 0.481 e. The molecule has 0 fully saturated rings. The van der Waals surface area contributed by atoms with Crippen molar-refractivity contribution >= 4 is 17.6 Å². The van der Waals surface area contributed by atoms with Crippen molar-refractivity contribution in [2.24, 2.45) is 0 Å². The van der Waals surface area contributed by atoms with Crippen LogP contribution in [0.2, 0.25) is 0 Å². The Kier molecular flexibility index (Phi) is 5.49. The summed E-state index contributed by atoms with van der Waals surface area (Å²) in [7, 11) is 0. The van der Waals surface area contributed by atoms with Gasteiger partial charge in [-0.15, -0.1) is 11.6 Å². The lowest BCUT2D eigenvalue weighted by atomic mass is 9.96. The molecule has 0 heterocycles. The van der Waals surface area contributed by atoms with Gasteiger partial charge < -0.3 is 5.11 Å². The van der Waals surface area contributed by atoms with E-state index < -0.39 is 5.97 Å². The van der Waals surface area contributed by atoms with Gasteiger partial charge in [-0.1, -0.05) is 38.1 Å². The van der Waals surface area contributed by atoms with Crippen LogP contribution in [0.25, 0.3) is 0 Å². The lowest BCUT2D eigenvalue weighted by molar-refractivity contribution is -0.137. The lowest BCUT2D eigenvalue weighted by Gasteiger charge is -2.11. The predicted octanol–water partition coefficient (Wildman–Crippen LogP) is 3.82. The number of aliphatic carboxylic acids is 1. The van der Waals surface area contributed by atoms with Crippen molar-refractivity contribution in [3.63, 3.8) is 0 Å². The van der Waals surface area contributed by atoms with E-state index in [-0.39, 0.29) is 11.8 Å². The van der Waals surface area contributed by atoms with Gasteiger partial charge in [-0.3, -0.25) is 4.79 Å². The maximum absolute atomic E-state index is 10.5. The topological polar surface area (TPSA) is 37.3 Å². The van der Waals surface area contributed by atoms with E-state index >= 15 is 0 Å². The molecule has 0 saturated heterocycles. The van der Waals surface area contributed by atoms with Gasteiger partial charge >= 0.3 is 5.97 Å². The molecule has 0 amide bonds. The zero-order valence-electron chi connectivity index (χ0n) is 10.3. The van der Waals surface area contributed by atoms with Crippen LogP contribution >= 0.6 is 11.6 Å². The quantitative estimate of drug-likeness (QED) is 0.784. The number of carbonyl (C=O) groups is 1. The number of rotatable bonds is 6. The van der Waals surface area contributed by atoms with Crippen LogP contribution < -0.4 is 0 Å². The van der Waals surface area contributed by atoms with E-state index in [1.165, 1.54) is 5.56 Å². The number of hydrogen-bond acceptors (Lipinski definition) is 1. The molecular formula is C14H19ClO2. The summed E-state index contributed by atoms with van der Waals surface area (Å²) in [6.45, 7) is 4.37. The summed E-state index contributed by atoms with van der Waals surface area (Å²) in [4.78, 5) is 10.5. The van der Waals surface area contributed by atoms with Crippen LogP contribution in [0.4, 0.5) is 0 Å². The molecule has 1 rings (SSSR count). The van der Waals surface area contributed by atoms with Crippen LogP contribution in [0.5, 0.6) is 0 Å². The molecule has 0 aliphatic rings. The fourth-order valence-corrected chi connectivity index (χ4v) is 2.05. The van der Waals surface area contributed by atoms with Crippen LogP contribution in [0.1, 0.15) is 43.7 Å². The fourth-order valence-electron chi connectivity index (χ4n) is 1.74. The molecule has 0 aliphatic carbocycles. The molecule has 17 heavy (non-hydrogen) atoms. The van der Waals surface area contributed by atoms with E-state index in [0.717, 1.165) is 12.0 Å². The van der Waals surface area contributed by atoms with Gasteiger partial charge in [-0.05, 0) is 29.9 Å². The number of carboxylic acid groups (broad SMARTS) is 1. The van der Waals surface area contributed by atoms with Crippen LogP contribution in [-0.4, -0.2) is 16.5 Å². The van der Waals surface area contributed by atoms with E-state index in [1.54, 1.807) is 0 Å². The number of halogens is 1. The summed E-state index contributed by atoms with van der Waals surface area (Å²) >= 11 is 5.96. The molecule has 0 aliphatic heterocycles. The Labute approximate surface area is 108 Å². The predicted molar refractivity (Wildman–Crippen MR) is 70.7 cm³/mol. The zero-order valence-corrected chi connectivity index (χ0v) is 11.1. The minimum atomic E-state index is -0.846. The second-order valence-electron chi connectivity index (χ2n) is 4.45. The van der Waals surface area contributed by atoms with E-state index in [9.17, 15) is 4.79 Å². The molecule has 0 bridgehead atoms. The van der Waals surface area contributed by atoms with Gasteiger partial charge in [-0.2, -0.15) is 0 Å². The Morgan fingerprint density at radius 1 is 1.35 bits per heavy atom. The Bertz CT molecular complexity index is 359. The van der Waals surface area contributed by atoms with Gasteiger partial charge in [-0.25, -0.2) is 0 Å². The van der Waals surface area contributed by atoms with Gasteiger partial charge in [0.05, 0.1) is 6.42 Å². The Morgan fingerprint density at radius 3 is 2.41 bits per heavy atom. The van der Waals surface area contributed by atoms with Gasteiger partial charge in [0.15, 0.2) is 0 Å². The third-order valence-corrected chi connectivity index (χ3v) is 3.32. The molecule has 3 heteroatoms. The summed E-state index contributed by atoms with van der Waals surface area (Å²) in [5.41, 5.74) is 2.42. The van der Waals surface area contributed by atoms with Crippen molar-refractivity contribution in [3.05, 3.63) is 35.4 Å². The second kappa shape index (κ2) is 6.65. The number of carboxylic acids is 1. The Morgan fingerprint density at radius 2 is 1.94 bits per heavy atom. The van der Waals surface area contributed by atoms with E-state index in [0.29, 0.717) is 12.3 Å². The lowest BCUT2D eigenvalue weighted by Crippen LogP contribution is -2.10. The molecule has 2 unspecified atom stereocenters. The average Bonchev–Trinajstić information content (AvgIpc) is 2.28. The van der Waals surface area contributed by atoms with Crippen molar-refractivity contribution < 1.29 is 9.90 Å². The molecule has 0 aromatic heterocycles. The van der Waals surface area contributed by atoms with Crippen molar-refractivity contribution in [1.82, 2.24) is 0 Å². The average molecular weight is 255 g/mol. The summed E-state index contributed by atoms with van der Waals surface area (Å²) in [6.07, 6.45) is 1.74. The number of hydrogen-bond donors (Lipinski definition) is 1. The first-order chi connectivity index (χ1) is 8.02. The second-order valence-corrected chi connectivity index (χ2v) is 5.07. The molecule has 1 aromatic rings. The van der Waals surface area contributed by atoms with Crippen LogP contribution in [-0.2, 0) is 11.2 Å². The van der Waals surface area contributed by atoms with Crippen LogP contribution in [0.3, 0.4) is 0 Å². The highest BCUT2D eigenvalue weighted by Gasteiger charge is 2.11. The van der Waals surface area contributed by atoms with Crippen molar-refractivity contribution in [2.45, 2.75) is 44.4 Å². The third kappa shape index (κ3) is 4.78. The number of alkyl halides is 1. The van der Waals surface area contributed by atoms with Gasteiger partial charge in [0.25, 0.3) is 0 Å². The summed E-state index contributed by atoms with van der Waals surface area (Å²) in [5, 5.41) is 8.29. The summed E-state index contributed by atoms with van der Waals surface area (Å²) in [6, 6.07) is 8.29. The van der Waals surface area contributed by atoms with Gasteiger partial charge in [0, 0.05) is 5.38 Å². The maximum atomic E-state index is 10.5. The van der Waals surface area contributed by atoms with Crippen molar-refractivity contribution in [2.75, 3.05) is 0 Å². The summed E-state index contributed by atoms with van der Waals surface area (Å²) < 4.78 is 0. The maximum Gasteiger partial charge on any atom is 0.304 e. The molecule has 0 saturated carbocycles. The van der Waals surface area contributed by atoms with E-state index in [2.05, 4.69) is 26.0 Å². The highest BCUT2D eigenvalue weighted by Crippen LogP contribution is 2.20. The SMILES string of the molecule is CCC(C)c1ccc(CC(Cl)CC(=O)O)cc1. The smallest absolute Gasteiger partial charge is 0.304 e. The van der Waals surface area contributed by atoms with Crippen LogP contribution in [0, 0.1) is 0 Å². The molecule has 0 radical (unpaired) electrons. The van der Waals surface area contributed by atoms with Crippen molar-refractivity contribution in [1.29, 1.82) is 0 Å². The standard InChI is InChI=1S/C14H19ClO2/c1-3-10(2)12-6-4-11(5-7-12)8-13(15)9-14(16)17/h4-7,10,13H,3,8-9H2,1-2H3,(H,16,17). The molecule has 2 atom stereocenters. The molecule has 1 aromatic carbocycles. The Hall–Kier alpha value is -1.02. The fraction of sp³-hybridized carbons (Fsp3) is 0.500. The molecule has 2 nitrogen and oxygen atoms in total. The minimum Gasteiger partial charge on any atom is -0.481 e. The van der Waals surface area contributed by atoms with E-state index in [4.69, 9.17) is 16.7 Å². The van der Waals surface area contributed by atoms with Crippen LogP contribution in [0.15, 0.2) is 24.3 Å². The number of benzene rings is 1. The van der Waals surface area contributed by atoms with Crippen molar-refractivity contribution in [3.8, 4) is 0 Å². The Balaban J connectivity index is 2.59. The highest BCUT2D eigenvalue weighted by atomic mass is 35.5. The first-order valence-electron chi connectivity index (χ1n) is 5.97. The van der Waals surface area contributed by atoms with Gasteiger partial charge in [0.1, 0.15) is 0 Å². The minimum absolute atomic E-state index is 0.00860. The molecule has 94 valence electrons. The highest BCUT2D eigenvalue weighted by molar-refractivity contribution is 6.21. The monoisotopic (exact) mass is 254 g/mol. The summed E-state index contributed by atoms with van der Waals surface area (Å²) in [5.74, 6) is -0.281. The first-order valence-corrected chi connectivity index (χ1v) is 6.41. The molecule has 1 N–H and O–H groups in total. The molecule has 0 spiro atoms. The zero-order chi connectivity index (χ0) is 12.8. The molecular weight excluding hydrogens is 236 g/mol. The normalized spacial score (nSPS) is 14.3. The first kappa shape index (κ1) is 14.0.